The fourth-order valence-electron chi connectivity index (χ4n) is 10.5. The van der Waals surface area contributed by atoms with Crippen LogP contribution in [0.2, 0.25) is 0 Å². The number of hydrogen-bond acceptors (Lipinski definition) is 5. The molecule has 75 heavy (non-hydrogen) atoms. The van der Waals surface area contributed by atoms with Crippen LogP contribution in [-0.4, -0.2) is 47.4 Å². The van der Waals surface area contributed by atoms with E-state index in [-0.39, 0.29) is 18.5 Å². The lowest BCUT2D eigenvalue weighted by Crippen LogP contribution is -2.45. The highest BCUT2D eigenvalue weighted by Gasteiger charge is 2.18. The highest BCUT2D eigenvalue weighted by molar-refractivity contribution is 5.76. The molecule has 0 rings (SSSR count). The van der Waals surface area contributed by atoms with Crippen LogP contribution >= 0.6 is 0 Å². The number of carbonyl (C=O) groups is 2. The van der Waals surface area contributed by atoms with E-state index in [1.165, 1.54) is 257 Å². The van der Waals surface area contributed by atoms with Crippen molar-refractivity contribution in [3.05, 3.63) is 36.5 Å². The summed E-state index contributed by atoms with van der Waals surface area (Å²) in [6, 6.07) is -0.642. The van der Waals surface area contributed by atoms with E-state index < -0.39 is 12.1 Å². The zero-order valence-electron chi connectivity index (χ0n) is 50.5. The summed E-state index contributed by atoms with van der Waals surface area (Å²) in [7, 11) is 0. The number of hydrogen-bond donors (Lipinski definition) is 3. The number of esters is 1. The Morgan fingerprint density at radius 3 is 1.01 bits per heavy atom. The molecule has 0 radical (unpaired) electrons. The predicted octanol–water partition coefficient (Wildman–Crippen LogP) is 21.5. The van der Waals surface area contributed by atoms with Gasteiger partial charge in [0.1, 0.15) is 0 Å². The zero-order valence-corrected chi connectivity index (χ0v) is 50.5. The summed E-state index contributed by atoms with van der Waals surface area (Å²) >= 11 is 0. The summed E-state index contributed by atoms with van der Waals surface area (Å²) in [6.07, 6.45) is 82.0. The van der Waals surface area contributed by atoms with Crippen LogP contribution in [0.5, 0.6) is 0 Å². The Hall–Kier alpha value is -1.92. The van der Waals surface area contributed by atoms with Gasteiger partial charge >= 0.3 is 5.97 Å². The van der Waals surface area contributed by atoms with Crippen molar-refractivity contribution in [3.8, 4) is 0 Å². The monoisotopic (exact) mass is 1050 g/mol. The van der Waals surface area contributed by atoms with Crippen molar-refractivity contribution in [1.82, 2.24) is 5.32 Å². The van der Waals surface area contributed by atoms with Crippen molar-refractivity contribution in [2.24, 2.45) is 0 Å². The first kappa shape index (κ1) is 73.1. The Kier molecular flexibility index (Phi) is 63.0. The highest BCUT2D eigenvalue weighted by Crippen LogP contribution is 2.18. The highest BCUT2D eigenvalue weighted by atomic mass is 16.5. The number of aliphatic hydroxyl groups is 2. The molecule has 0 saturated heterocycles. The molecule has 0 bridgehead atoms. The smallest absolute Gasteiger partial charge is 0.305 e. The summed E-state index contributed by atoms with van der Waals surface area (Å²) in [5.41, 5.74) is 0. The van der Waals surface area contributed by atoms with Crippen LogP contribution < -0.4 is 5.32 Å². The molecule has 0 aliphatic heterocycles. The minimum absolute atomic E-state index is 0.0118. The standard InChI is InChI=1S/C69H131NO5/c1-3-5-7-9-11-13-15-17-19-21-22-23-24-25-26-27-30-33-37-41-45-49-53-57-61-67(72)66(65-71)70-68(73)62-58-54-50-46-42-38-34-31-28-32-36-40-44-48-52-56-60-64-75-69(74)63-59-55-51-47-43-39-35-29-20-18-16-14-12-10-8-6-4-2/h28,32,40,44,57,61,66-67,71-72H,3-27,29-31,33-39,41-43,45-56,58-60,62-65H2,1-2H3,(H,70,73)/b32-28-,44-40-,61-57+. The summed E-state index contributed by atoms with van der Waals surface area (Å²) in [6.45, 7) is 4.89. The van der Waals surface area contributed by atoms with Gasteiger partial charge in [0.25, 0.3) is 0 Å². The van der Waals surface area contributed by atoms with Crippen molar-refractivity contribution in [1.29, 1.82) is 0 Å². The van der Waals surface area contributed by atoms with Crippen LogP contribution in [0.3, 0.4) is 0 Å². The molecule has 0 heterocycles. The minimum Gasteiger partial charge on any atom is -0.466 e. The first-order chi connectivity index (χ1) is 37.0. The third kappa shape index (κ3) is 61.2. The van der Waals surface area contributed by atoms with Gasteiger partial charge in [-0.05, 0) is 70.6 Å². The topological polar surface area (TPSA) is 95.9 Å². The number of nitrogens with one attached hydrogen (secondary N) is 1. The molecular weight excluding hydrogens is 923 g/mol. The largest absolute Gasteiger partial charge is 0.466 e. The normalized spacial score (nSPS) is 12.7. The molecule has 6 heteroatoms. The predicted molar refractivity (Wildman–Crippen MR) is 329 cm³/mol. The van der Waals surface area contributed by atoms with E-state index in [9.17, 15) is 19.8 Å². The van der Waals surface area contributed by atoms with Gasteiger partial charge in [-0.3, -0.25) is 9.59 Å². The molecule has 3 N–H and O–H groups in total. The van der Waals surface area contributed by atoms with E-state index in [1.807, 2.05) is 6.08 Å². The summed E-state index contributed by atoms with van der Waals surface area (Å²) in [5.74, 6) is -0.0924. The Balaban J connectivity index is 3.50. The summed E-state index contributed by atoms with van der Waals surface area (Å²) in [5, 5.41) is 23.2. The van der Waals surface area contributed by atoms with Crippen molar-refractivity contribution in [2.75, 3.05) is 13.2 Å². The maximum absolute atomic E-state index is 12.5. The minimum atomic E-state index is -0.857. The van der Waals surface area contributed by atoms with Crippen LogP contribution in [-0.2, 0) is 14.3 Å². The van der Waals surface area contributed by atoms with Gasteiger partial charge in [-0.1, -0.05) is 320 Å². The van der Waals surface area contributed by atoms with E-state index >= 15 is 0 Å². The first-order valence-electron chi connectivity index (χ1n) is 33.8. The maximum Gasteiger partial charge on any atom is 0.305 e. The molecule has 0 aromatic carbocycles. The van der Waals surface area contributed by atoms with Crippen LogP contribution in [0.15, 0.2) is 36.5 Å². The number of ether oxygens (including phenoxy) is 1. The molecule has 0 aromatic rings. The molecule has 0 fully saturated rings. The first-order valence-corrected chi connectivity index (χ1v) is 33.8. The van der Waals surface area contributed by atoms with Gasteiger partial charge in [0.05, 0.1) is 25.4 Å². The Morgan fingerprint density at radius 2 is 0.667 bits per heavy atom. The average Bonchev–Trinajstić information content (AvgIpc) is 3.41. The van der Waals surface area contributed by atoms with Crippen LogP contribution in [0.4, 0.5) is 0 Å². The van der Waals surface area contributed by atoms with E-state index in [0.717, 1.165) is 83.5 Å². The van der Waals surface area contributed by atoms with Gasteiger partial charge in [-0.15, -0.1) is 0 Å². The molecule has 0 spiro atoms. The lowest BCUT2D eigenvalue weighted by Gasteiger charge is -2.20. The van der Waals surface area contributed by atoms with Gasteiger partial charge in [0.2, 0.25) is 5.91 Å². The van der Waals surface area contributed by atoms with Crippen LogP contribution in [0.25, 0.3) is 0 Å². The number of carbonyl (C=O) groups excluding carboxylic acids is 2. The van der Waals surface area contributed by atoms with Gasteiger partial charge < -0.3 is 20.3 Å². The van der Waals surface area contributed by atoms with Gasteiger partial charge in [-0.25, -0.2) is 0 Å². The van der Waals surface area contributed by atoms with Crippen molar-refractivity contribution in [3.63, 3.8) is 0 Å². The Bertz CT molecular complexity index is 1210. The number of amides is 1. The fourth-order valence-corrected chi connectivity index (χ4v) is 10.5. The van der Waals surface area contributed by atoms with E-state index in [0.29, 0.717) is 19.4 Å². The van der Waals surface area contributed by atoms with E-state index in [1.54, 1.807) is 6.08 Å². The molecular formula is C69H131NO5. The van der Waals surface area contributed by atoms with Gasteiger partial charge in [-0.2, -0.15) is 0 Å². The Labute approximate surface area is 468 Å². The molecule has 0 aromatic heterocycles. The molecule has 1 amide bonds. The molecule has 2 unspecified atom stereocenters. The molecule has 0 aliphatic carbocycles. The van der Waals surface area contributed by atoms with Crippen LogP contribution in [0, 0.1) is 0 Å². The molecule has 6 nitrogen and oxygen atoms in total. The fraction of sp³-hybridized carbons (Fsp3) is 0.884. The molecule has 0 aliphatic rings. The number of rotatable bonds is 63. The second-order valence-corrected chi connectivity index (χ2v) is 23.2. The van der Waals surface area contributed by atoms with Gasteiger partial charge in [0, 0.05) is 12.8 Å². The van der Waals surface area contributed by atoms with Gasteiger partial charge in [0.15, 0.2) is 0 Å². The second-order valence-electron chi connectivity index (χ2n) is 23.2. The van der Waals surface area contributed by atoms with E-state index in [4.69, 9.17) is 4.74 Å². The molecule has 442 valence electrons. The quantitative estimate of drug-likeness (QED) is 0.0320. The number of allylic oxidation sites excluding steroid dienone is 5. The van der Waals surface area contributed by atoms with Crippen molar-refractivity contribution < 1.29 is 24.5 Å². The third-order valence-corrected chi connectivity index (χ3v) is 15.7. The molecule has 0 saturated carbocycles. The lowest BCUT2D eigenvalue weighted by atomic mass is 10.0. The van der Waals surface area contributed by atoms with Crippen molar-refractivity contribution in [2.45, 2.75) is 379 Å². The second kappa shape index (κ2) is 64.6. The Morgan fingerprint density at radius 1 is 0.373 bits per heavy atom. The van der Waals surface area contributed by atoms with Crippen LogP contribution in [0.1, 0.15) is 367 Å². The zero-order chi connectivity index (χ0) is 54.3. The molecule has 2 atom stereocenters. The summed E-state index contributed by atoms with van der Waals surface area (Å²) in [4.78, 5) is 24.6. The SMILES string of the molecule is CCCCCCCCCCCCCCCCCCCCCCCC/C=C/C(O)C(CO)NC(=O)CCCCCCCCC/C=C\C/C=C\CCCCCOC(=O)CCCCCCCCCCCCCCCCCCC. The summed E-state index contributed by atoms with van der Waals surface area (Å²) < 4.78 is 5.47. The maximum atomic E-state index is 12.5. The van der Waals surface area contributed by atoms with Crippen molar-refractivity contribution >= 4 is 11.9 Å². The third-order valence-electron chi connectivity index (χ3n) is 15.7. The number of aliphatic hydroxyl groups excluding tert-OH is 2. The average molecular weight is 1050 g/mol. The lowest BCUT2D eigenvalue weighted by molar-refractivity contribution is -0.143. The number of unbranched alkanes of at least 4 members (excludes halogenated alkanes) is 48. The van der Waals surface area contributed by atoms with E-state index in [2.05, 4.69) is 43.5 Å².